The van der Waals surface area contributed by atoms with Crippen LogP contribution in [-0.4, -0.2) is 15.3 Å². The van der Waals surface area contributed by atoms with Gasteiger partial charge in [0.2, 0.25) is 0 Å². The summed E-state index contributed by atoms with van der Waals surface area (Å²) in [5.74, 6) is 0.637. The first-order valence-electron chi connectivity index (χ1n) is 6.35. The molecule has 0 saturated heterocycles. The van der Waals surface area contributed by atoms with Crippen molar-refractivity contribution in [2.24, 2.45) is 0 Å². The molecule has 6 heteroatoms. The number of hydrogen-bond acceptors (Lipinski definition) is 5. The molecule has 0 spiro atoms. The van der Waals surface area contributed by atoms with Crippen LogP contribution in [0.2, 0.25) is 0 Å². The van der Waals surface area contributed by atoms with Gasteiger partial charge in [-0.15, -0.1) is 17.9 Å². The minimum atomic E-state index is -0.0229. The lowest BCUT2D eigenvalue weighted by molar-refractivity contribution is 0.673. The predicted molar refractivity (Wildman–Crippen MR) is 84.4 cm³/mol. The highest BCUT2D eigenvalue weighted by Gasteiger charge is 2.13. The van der Waals surface area contributed by atoms with Crippen LogP contribution >= 0.6 is 23.1 Å². The van der Waals surface area contributed by atoms with Crippen molar-refractivity contribution in [3.05, 3.63) is 34.0 Å². The standard InChI is InChI=1S/C14H15N3OS2/c1-3-7-17-13(18)11-9-10(4-2)20-12(11)16-14(17)19-8-5-6-15/h3,9H,1,4-5,7-8H2,2H3. The van der Waals surface area contributed by atoms with Crippen LogP contribution in [0.15, 0.2) is 28.7 Å². The molecule has 104 valence electrons. The lowest BCUT2D eigenvalue weighted by atomic mass is 10.3. The fraction of sp³-hybridized carbons (Fsp3) is 0.357. The molecule has 0 atom stereocenters. The lowest BCUT2D eigenvalue weighted by Crippen LogP contribution is -2.22. The first-order chi connectivity index (χ1) is 9.71. The molecule has 0 fully saturated rings. The highest BCUT2D eigenvalue weighted by atomic mass is 32.2. The van der Waals surface area contributed by atoms with Gasteiger partial charge in [-0.1, -0.05) is 24.8 Å². The van der Waals surface area contributed by atoms with Gasteiger partial charge in [0.05, 0.1) is 11.5 Å². The van der Waals surface area contributed by atoms with Gasteiger partial charge in [0.15, 0.2) is 5.16 Å². The van der Waals surface area contributed by atoms with Crippen LogP contribution in [0.25, 0.3) is 10.2 Å². The fourth-order valence-electron chi connectivity index (χ4n) is 1.81. The second-order valence-electron chi connectivity index (χ2n) is 4.14. The second-order valence-corrected chi connectivity index (χ2v) is 6.32. The Morgan fingerprint density at radius 2 is 2.45 bits per heavy atom. The fourth-order valence-corrected chi connectivity index (χ4v) is 3.67. The van der Waals surface area contributed by atoms with Crippen LogP contribution < -0.4 is 5.56 Å². The predicted octanol–water partition coefficient (Wildman–Crippen LogP) is 3.21. The molecule has 0 saturated carbocycles. The molecule has 0 aliphatic heterocycles. The SMILES string of the molecule is C=CCn1c(SCCC#N)nc2sc(CC)cc2c1=O. The van der Waals surface area contributed by atoms with Crippen molar-refractivity contribution in [2.75, 3.05) is 5.75 Å². The topological polar surface area (TPSA) is 58.7 Å². The number of nitrogens with zero attached hydrogens (tertiary/aromatic N) is 3. The Hall–Kier alpha value is -1.58. The van der Waals surface area contributed by atoms with E-state index in [-0.39, 0.29) is 5.56 Å². The smallest absolute Gasteiger partial charge is 0.263 e. The number of rotatable bonds is 6. The molecule has 0 radical (unpaired) electrons. The number of thiophene rings is 1. The summed E-state index contributed by atoms with van der Waals surface area (Å²) in [7, 11) is 0. The van der Waals surface area contributed by atoms with Crippen LogP contribution in [0.5, 0.6) is 0 Å². The molecule has 0 amide bonds. The van der Waals surface area contributed by atoms with Crippen LogP contribution in [0, 0.1) is 11.3 Å². The van der Waals surface area contributed by atoms with Crippen molar-refractivity contribution in [3.63, 3.8) is 0 Å². The Morgan fingerprint density at radius 1 is 1.65 bits per heavy atom. The van der Waals surface area contributed by atoms with E-state index < -0.39 is 0 Å². The van der Waals surface area contributed by atoms with E-state index in [1.165, 1.54) is 11.8 Å². The van der Waals surface area contributed by atoms with E-state index in [1.54, 1.807) is 22.0 Å². The highest BCUT2D eigenvalue weighted by molar-refractivity contribution is 7.99. The number of aryl methyl sites for hydroxylation is 1. The lowest BCUT2D eigenvalue weighted by Gasteiger charge is -2.08. The molecule has 4 nitrogen and oxygen atoms in total. The summed E-state index contributed by atoms with van der Waals surface area (Å²) in [5, 5.41) is 9.96. The van der Waals surface area contributed by atoms with Crippen molar-refractivity contribution in [1.29, 1.82) is 5.26 Å². The average Bonchev–Trinajstić information content (AvgIpc) is 2.86. The zero-order valence-electron chi connectivity index (χ0n) is 11.3. The normalized spacial score (nSPS) is 10.6. The molecule has 2 aromatic heterocycles. The summed E-state index contributed by atoms with van der Waals surface area (Å²) in [4.78, 5) is 19.0. The van der Waals surface area contributed by atoms with Crippen LogP contribution in [-0.2, 0) is 13.0 Å². The number of thioether (sulfide) groups is 1. The van der Waals surface area contributed by atoms with E-state index in [0.29, 0.717) is 29.3 Å². The van der Waals surface area contributed by atoms with Crippen LogP contribution in [0.4, 0.5) is 0 Å². The molecule has 2 aromatic rings. The van der Waals surface area contributed by atoms with E-state index in [2.05, 4.69) is 24.6 Å². The second kappa shape index (κ2) is 6.73. The zero-order valence-corrected chi connectivity index (χ0v) is 12.9. The maximum absolute atomic E-state index is 12.5. The van der Waals surface area contributed by atoms with Crippen molar-refractivity contribution in [3.8, 4) is 6.07 Å². The molecular formula is C14H15N3OS2. The molecule has 0 aliphatic carbocycles. The maximum Gasteiger partial charge on any atom is 0.263 e. The molecule has 0 unspecified atom stereocenters. The van der Waals surface area contributed by atoms with Gasteiger partial charge in [0, 0.05) is 23.6 Å². The highest BCUT2D eigenvalue weighted by Crippen LogP contribution is 2.25. The summed E-state index contributed by atoms with van der Waals surface area (Å²) in [6, 6.07) is 4.03. The number of aromatic nitrogens is 2. The molecule has 0 bridgehead atoms. The van der Waals surface area contributed by atoms with Gasteiger partial charge < -0.3 is 0 Å². The van der Waals surface area contributed by atoms with Gasteiger partial charge in [-0.3, -0.25) is 9.36 Å². The summed E-state index contributed by atoms with van der Waals surface area (Å²) in [5.41, 5.74) is -0.0229. The first kappa shape index (κ1) is 14.8. The molecule has 0 aliphatic rings. The quantitative estimate of drug-likeness (QED) is 0.356. The third kappa shape index (κ3) is 2.94. The van der Waals surface area contributed by atoms with Gasteiger partial charge >= 0.3 is 0 Å². The van der Waals surface area contributed by atoms with E-state index in [0.717, 1.165) is 16.1 Å². The van der Waals surface area contributed by atoms with Gasteiger partial charge in [-0.25, -0.2) is 4.98 Å². The Kier molecular flexibility index (Phi) is 4.99. The summed E-state index contributed by atoms with van der Waals surface area (Å²) >= 11 is 3.01. The van der Waals surface area contributed by atoms with Crippen molar-refractivity contribution < 1.29 is 0 Å². The maximum atomic E-state index is 12.5. The van der Waals surface area contributed by atoms with E-state index in [4.69, 9.17) is 5.26 Å². The van der Waals surface area contributed by atoms with Gasteiger partial charge in [-0.2, -0.15) is 5.26 Å². The Labute approximate surface area is 125 Å². The Balaban J connectivity index is 2.53. The van der Waals surface area contributed by atoms with Gasteiger partial charge in [0.25, 0.3) is 5.56 Å². The molecule has 0 aromatic carbocycles. The monoisotopic (exact) mass is 305 g/mol. The minimum absolute atomic E-state index is 0.0229. The summed E-state index contributed by atoms with van der Waals surface area (Å²) in [6.07, 6.45) is 3.03. The molecule has 20 heavy (non-hydrogen) atoms. The van der Waals surface area contributed by atoms with E-state index in [1.807, 2.05) is 6.07 Å². The average molecular weight is 305 g/mol. The summed E-state index contributed by atoms with van der Waals surface area (Å²) < 4.78 is 1.63. The van der Waals surface area contributed by atoms with Crippen molar-refractivity contribution in [1.82, 2.24) is 9.55 Å². The van der Waals surface area contributed by atoms with E-state index >= 15 is 0 Å². The minimum Gasteiger partial charge on any atom is -0.283 e. The summed E-state index contributed by atoms with van der Waals surface area (Å²) in [6.45, 7) is 6.19. The van der Waals surface area contributed by atoms with Crippen LogP contribution in [0.1, 0.15) is 18.2 Å². The third-order valence-electron chi connectivity index (χ3n) is 2.77. The number of allylic oxidation sites excluding steroid dienone is 1. The molecule has 0 N–H and O–H groups in total. The van der Waals surface area contributed by atoms with Gasteiger partial charge in [0.1, 0.15) is 4.83 Å². The van der Waals surface area contributed by atoms with Crippen molar-refractivity contribution in [2.45, 2.75) is 31.5 Å². The van der Waals surface area contributed by atoms with Gasteiger partial charge in [-0.05, 0) is 12.5 Å². The zero-order chi connectivity index (χ0) is 14.5. The Bertz CT molecular complexity index is 724. The third-order valence-corrected chi connectivity index (χ3v) is 4.92. The number of hydrogen-bond donors (Lipinski definition) is 0. The molecule has 2 rings (SSSR count). The largest absolute Gasteiger partial charge is 0.283 e. The molecular weight excluding hydrogens is 290 g/mol. The first-order valence-corrected chi connectivity index (χ1v) is 8.15. The van der Waals surface area contributed by atoms with Crippen molar-refractivity contribution >= 4 is 33.3 Å². The van der Waals surface area contributed by atoms with E-state index in [9.17, 15) is 4.79 Å². The number of fused-ring (bicyclic) bond motifs is 1. The number of nitriles is 1. The van der Waals surface area contributed by atoms with Crippen LogP contribution in [0.3, 0.4) is 0 Å². The Morgan fingerprint density at radius 3 is 3.10 bits per heavy atom. The molecule has 2 heterocycles.